The molecule has 0 aromatic carbocycles. The van der Waals surface area contributed by atoms with Crippen LogP contribution in [0.3, 0.4) is 0 Å². The first-order valence-electron chi connectivity index (χ1n) is 6.46. The van der Waals surface area contributed by atoms with E-state index in [1.807, 2.05) is 14.0 Å². The number of carboxylic acids is 1. The highest BCUT2D eigenvalue weighted by molar-refractivity contribution is 5.89. The summed E-state index contributed by atoms with van der Waals surface area (Å²) in [5.74, 6) is -0.973. The Morgan fingerprint density at radius 2 is 2.25 bits per heavy atom. The topological polar surface area (TPSA) is 90.7 Å². The van der Waals surface area contributed by atoms with E-state index in [-0.39, 0.29) is 18.6 Å². The standard InChI is InChI=1S/C12H19N5O3/c1-9-6-15(2)3-4-17(9)12(20)14-10-5-13-16(7-10)8-11(18)19/h5,7,9H,3-4,6,8H2,1-2H3,(H,14,20)(H,18,19). The van der Waals surface area contributed by atoms with Crippen molar-refractivity contribution >= 4 is 17.7 Å². The lowest BCUT2D eigenvalue weighted by molar-refractivity contribution is -0.137. The molecule has 1 unspecified atom stereocenters. The molecule has 0 saturated carbocycles. The van der Waals surface area contributed by atoms with Gasteiger partial charge in [0.2, 0.25) is 0 Å². The monoisotopic (exact) mass is 281 g/mol. The van der Waals surface area contributed by atoms with Crippen molar-refractivity contribution in [3.8, 4) is 0 Å². The van der Waals surface area contributed by atoms with Gasteiger partial charge in [-0.3, -0.25) is 9.48 Å². The zero-order chi connectivity index (χ0) is 14.7. The molecule has 1 atom stereocenters. The minimum Gasteiger partial charge on any atom is -0.480 e. The maximum Gasteiger partial charge on any atom is 0.325 e. The molecule has 2 N–H and O–H groups in total. The van der Waals surface area contributed by atoms with Crippen LogP contribution >= 0.6 is 0 Å². The molecule has 1 aromatic rings. The van der Waals surface area contributed by atoms with Crippen molar-refractivity contribution in [2.24, 2.45) is 0 Å². The van der Waals surface area contributed by atoms with Gasteiger partial charge < -0.3 is 20.2 Å². The molecule has 0 spiro atoms. The number of amides is 2. The molecule has 8 nitrogen and oxygen atoms in total. The smallest absolute Gasteiger partial charge is 0.325 e. The number of hydrogen-bond donors (Lipinski definition) is 2. The first kappa shape index (κ1) is 14.3. The van der Waals surface area contributed by atoms with E-state index in [4.69, 9.17) is 5.11 Å². The number of aliphatic carboxylic acids is 1. The highest BCUT2D eigenvalue weighted by Crippen LogP contribution is 2.12. The summed E-state index contributed by atoms with van der Waals surface area (Å²) in [6.07, 6.45) is 2.95. The first-order chi connectivity index (χ1) is 9.45. The van der Waals surface area contributed by atoms with E-state index in [0.29, 0.717) is 12.2 Å². The molecule has 2 heterocycles. The van der Waals surface area contributed by atoms with Gasteiger partial charge in [-0.05, 0) is 14.0 Å². The average molecular weight is 281 g/mol. The molecule has 0 bridgehead atoms. The summed E-state index contributed by atoms with van der Waals surface area (Å²) in [4.78, 5) is 26.7. The maximum absolute atomic E-state index is 12.2. The lowest BCUT2D eigenvalue weighted by Gasteiger charge is -2.37. The van der Waals surface area contributed by atoms with Crippen molar-refractivity contribution in [3.63, 3.8) is 0 Å². The van der Waals surface area contributed by atoms with Crippen molar-refractivity contribution < 1.29 is 14.7 Å². The van der Waals surface area contributed by atoms with E-state index in [1.54, 1.807) is 4.90 Å². The Bertz CT molecular complexity index is 501. The number of anilines is 1. The van der Waals surface area contributed by atoms with Gasteiger partial charge in [0.15, 0.2) is 0 Å². The molecule has 20 heavy (non-hydrogen) atoms. The molecular formula is C12H19N5O3. The average Bonchev–Trinajstić information content (AvgIpc) is 2.75. The number of rotatable bonds is 3. The van der Waals surface area contributed by atoms with E-state index in [0.717, 1.165) is 13.1 Å². The summed E-state index contributed by atoms with van der Waals surface area (Å²) in [6.45, 7) is 4.14. The fourth-order valence-corrected chi connectivity index (χ4v) is 2.29. The lowest BCUT2D eigenvalue weighted by atomic mass is 10.2. The molecule has 1 saturated heterocycles. The van der Waals surface area contributed by atoms with Crippen LogP contribution in [0.15, 0.2) is 12.4 Å². The molecule has 2 rings (SSSR count). The second kappa shape index (κ2) is 5.91. The van der Waals surface area contributed by atoms with E-state index in [2.05, 4.69) is 15.3 Å². The van der Waals surface area contributed by atoms with Crippen LogP contribution in [-0.4, -0.2) is 69.4 Å². The van der Waals surface area contributed by atoms with E-state index >= 15 is 0 Å². The van der Waals surface area contributed by atoms with Crippen molar-refractivity contribution in [1.82, 2.24) is 19.6 Å². The second-order valence-corrected chi connectivity index (χ2v) is 5.06. The van der Waals surface area contributed by atoms with Gasteiger partial charge in [0.1, 0.15) is 6.54 Å². The third kappa shape index (κ3) is 3.47. The Morgan fingerprint density at radius 3 is 2.90 bits per heavy atom. The van der Waals surface area contributed by atoms with Crippen molar-refractivity contribution in [2.75, 3.05) is 32.0 Å². The third-order valence-corrected chi connectivity index (χ3v) is 3.27. The number of piperazine rings is 1. The predicted octanol–water partition coefficient (Wildman–Crippen LogP) is 0.135. The second-order valence-electron chi connectivity index (χ2n) is 5.06. The van der Waals surface area contributed by atoms with Gasteiger partial charge in [0.05, 0.1) is 11.9 Å². The zero-order valence-electron chi connectivity index (χ0n) is 11.6. The quantitative estimate of drug-likeness (QED) is 0.822. The molecular weight excluding hydrogens is 262 g/mol. The molecule has 8 heteroatoms. The van der Waals surface area contributed by atoms with Gasteiger partial charge in [0, 0.05) is 31.9 Å². The van der Waals surface area contributed by atoms with Crippen LogP contribution in [-0.2, 0) is 11.3 Å². The number of carbonyl (C=O) groups excluding carboxylic acids is 1. The summed E-state index contributed by atoms with van der Waals surface area (Å²) >= 11 is 0. The molecule has 0 aliphatic carbocycles. The number of hydrogen-bond acceptors (Lipinski definition) is 4. The summed E-state index contributed by atoms with van der Waals surface area (Å²) in [6, 6.07) is -0.0386. The fourth-order valence-electron chi connectivity index (χ4n) is 2.29. The van der Waals surface area contributed by atoms with Gasteiger partial charge in [-0.1, -0.05) is 0 Å². The molecule has 2 amide bonds. The Labute approximate surface area is 117 Å². The minimum absolute atomic E-state index is 0.141. The Balaban J connectivity index is 1.94. The van der Waals surface area contributed by atoms with E-state index < -0.39 is 5.97 Å². The Hall–Kier alpha value is -2.09. The van der Waals surface area contributed by atoms with Gasteiger partial charge in [0.25, 0.3) is 0 Å². The highest BCUT2D eigenvalue weighted by atomic mass is 16.4. The fraction of sp³-hybridized carbons (Fsp3) is 0.583. The Morgan fingerprint density at radius 1 is 1.50 bits per heavy atom. The van der Waals surface area contributed by atoms with Gasteiger partial charge in [-0.15, -0.1) is 0 Å². The number of nitrogens with zero attached hydrogens (tertiary/aromatic N) is 4. The molecule has 1 aromatic heterocycles. The molecule has 0 radical (unpaired) electrons. The molecule has 1 aliphatic rings. The summed E-state index contributed by atoms with van der Waals surface area (Å²) in [5, 5.41) is 15.3. The van der Waals surface area contributed by atoms with Gasteiger partial charge >= 0.3 is 12.0 Å². The first-order valence-corrected chi connectivity index (χ1v) is 6.46. The highest BCUT2D eigenvalue weighted by Gasteiger charge is 2.25. The molecule has 1 aliphatic heterocycles. The van der Waals surface area contributed by atoms with Crippen LogP contribution < -0.4 is 5.32 Å². The van der Waals surface area contributed by atoms with Crippen molar-refractivity contribution in [2.45, 2.75) is 19.5 Å². The number of aromatic nitrogens is 2. The largest absolute Gasteiger partial charge is 0.480 e. The minimum atomic E-state index is -0.973. The van der Waals surface area contributed by atoms with Gasteiger partial charge in [-0.2, -0.15) is 5.10 Å². The number of carboxylic acid groups (broad SMARTS) is 1. The van der Waals surface area contributed by atoms with Crippen molar-refractivity contribution in [1.29, 1.82) is 0 Å². The van der Waals surface area contributed by atoms with E-state index in [9.17, 15) is 9.59 Å². The van der Waals surface area contributed by atoms with Gasteiger partial charge in [-0.25, -0.2) is 4.79 Å². The van der Waals surface area contributed by atoms with Crippen LogP contribution in [0.25, 0.3) is 0 Å². The van der Waals surface area contributed by atoms with Crippen LogP contribution in [0.1, 0.15) is 6.92 Å². The summed E-state index contributed by atoms with van der Waals surface area (Å²) in [5.41, 5.74) is 0.502. The SMILES string of the molecule is CC1CN(C)CCN1C(=O)Nc1cnn(CC(=O)O)c1. The van der Waals surface area contributed by atoms with Crippen LogP contribution in [0.4, 0.5) is 10.5 Å². The molecule has 1 fully saturated rings. The molecule has 110 valence electrons. The number of nitrogens with one attached hydrogen (secondary N) is 1. The summed E-state index contributed by atoms with van der Waals surface area (Å²) in [7, 11) is 2.03. The third-order valence-electron chi connectivity index (χ3n) is 3.27. The summed E-state index contributed by atoms with van der Waals surface area (Å²) < 4.78 is 1.27. The number of likely N-dealkylation sites (N-methyl/N-ethyl adjacent to an activating group) is 1. The van der Waals surface area contributed by atoms with E-state index in [1.165, 1.54) is 17.1 Å². The predicted molar refractivity (Wildman–Crippen MR) is 72.5 cm³/mol. The normalized spacial score (nSPS) is 19.9. The Kier molecular flexibility index (Phi) is 4.23. The number of carbonyl (C=O) groups is 2. The lowest BCUT2D eigenvalue weighted by Crippen LogP contribution is -2.53. The van der Waals surface area contributed by atoms with Crippen LogP contribution in [0.5, 0.6) is 0 Å². The maximum atomic E-state index is 12.2. The van der Waals surface area contributed by atoms with Crippen molar-refractivity contribution in [3.05, 3.63) is 12.4 Å². The van der Waals surface area contributed by atoms with Crippen LogP contribution in [0, 0.1) is 0 Å². The zero-order valence-corrected chi connectivity index (χ0v) is 11.6. The van der Waals surface area contributed by atoms with Crippen LogP contribution in [0.2, 0.25) is 0 Å². The number of urea groups is 1.